The summed E-state index contributed by atoms with van der Waals surface area (Å²) in [6, 6.07) is 7.04. The number of carbonyl (C=O) groups is 1. The highest BCUT2D eigenvalue weighted by molar-refractivity contribution is 6.35. The number of aromatic nitrogens is 2. The van der Waals surface area contributed by atoms with E-state index in [1.807, 2.05) is 31.7 Å². The number of rotatable bonds is 7. The summed E-state index contributed by atoms with van der Waals surface area (Å²) in [5.74, 6) is 0.361. The van der Waals surface area contributed by atoms with Crippen molar-refractivity contribution in [1.82, 2.24) is 15.3 Å². The Morgan fingerprint density at radius 3 is 2.52 bits per heavy atom. The van der Waals surface area contributed by atoms with E-state index in [-0.39, 0.29) is 5.91 Å². The number of anilines is 1. The van der Waals surface area contributed by atoms with Crippen LogP contribution in [0, 0.1) is 6.92 Å². The number of aryl methyl sites for hydroxylation is 1. The molecule has 0 aliphatic rings. The van der Waals surface area contributed by atoms with Crippen LogP contribution in [0.4, 0.5) is 5.95 Å². The number of hydrogen-bond donors (Lipinski definition) is 1. The normalized spacial score (nSPS) is 10.6. The van der Waals surface area contributed by atoms with E-state index in [0.29, 0.717) is 34.7 Å². The lowest BCUT2D eigenvalue weighted by atomic mass is 10.1. The lowest BCUT2D eigenvalue weighted by Crippen LogP contribution is -2.29. The Balaban J connectivity index is 2.03. The molecule has 0 atom stereocenters. The smallest absolute Gasteiger partial charge is 0.270 e. The van der Waals surface area contributed by atoms with Crippen molar-refractivity contribution in [2.45, 2.75) is 27.2 Å². The average Bonchev–Trinajstić information content (AvgIpc) is 2.57. The first-order chi connectivity index (χ1) is 11.9. The van der Waals surface area contributed by atoms with Crippen molar-refractivity contribution < 1.29 is 4.79 Å². The standard InChI is InChI=1S/C18H22Cl2N4O/c1-4-24(5-2)18-22-12(3)10-16(23-18)17(25)21-9-8-13-6-7-14(19)11-15(13)20/h6-7,10-11H,4-5,8-9H2,1-3H3,(H,21,25). The number of benzene rings is 1. The van der Waals surface area contributed by atoms with E-state index in [4.69, 9.17) is 23.2 Å². The minimum atomic E-state index is -0.219. The molecule has 1 aromatic heterocycles. The molecule has 0 bridgehead atoms. The Bertz CT molecular complexity index is 748. The molecule has 0 saturated heterocycles. The third-order valence-electron chi connectivity index (χ3n) is 3.82. The molecular weight excluding hydrogens is 359 g/mol. The molecule has 1 amide bonds. The van der Waals surface area contributed by atoms with E-state index in [0.717, 1.165) is 24.3 Å². The summed E-state index contributed by atoms with van der Waals surface area (Å²) < 4.78 is 0. The zero-order valence-corrected chi connectivity index (χ0v) is 16.2. The molecule has 0 spiro atoms. The van der Waals surface area contributed by atoms with Gasteiger partial charge in [-0.1, -0.05) is 29.3 Å². The summed E-state index contributed by atoms with van der Waals surface area (Å²) >= 11 is 12.0. The van der Waals surface area contributed by atoms with Crippen LogP contribution in [0.15, 0.2) is 24.3 Å². The van der Waals surface area contributed by atoms with Gasteiger partial charge in [0.05, 0.1) is 0 Å². The summed E-state index contributed by atoms with van der Waals surface area (Å²) in [5.41, 5.74) is 2.08. The van der Waals surface area contributed by atoms with Gasteiger partial charge in [-0.15, -0.1) is 0 Å². The molecular formula is C18H22Cl2N4O. The van der Waals surface area contributed by atoms with Crippen LogP contribution in [0.3, 0.4) is 0 Å². The zero-order valence-electron chi connectivity index (χ0n) is 14.6. The van der Waals surface area contributed by atoms with Crippen LogP contribution in [0.1, 0.15) is 35.6 Å². The number of hydrogen-bond acceptors (Lipinski definition) is 4. The number of nitrogens with zero attached hydrogens (tertiary/aromatic N) is 3. The Morgan fingerprint density at radius 2 is 1.88 bits per heavy atom. The molecule has 25 heavy (non-hydrogen) atoms. The van der Waals surface area contributed by atoms with E-state index in [1.54, 1.807) is 18.2 Å². The third-order valence-corrected chi connectivity index (χ3v) is 4.40. The number of amides is 1. The first-order valence-electron chi connectivity index (χ1n) is 8.27. The second-order valence-corrected chi connectivity index (χ2v) is 6.45. The Hall–Kier alpha value is -1.85. The van der Waals surface area contributed by atoms with Gasteiger partial charge >= 0.3 is 0 Å². The lowest BCUT2D eigenvalue weighted by molar-refractivity contribution is 0.0949. The molecule has 0 aliphatic heterocycles. The maximum Gasteiger partial charge on any atom is 0.270 e. The molecule has 134 valence electrons. The lowest BCUT2D eigenvalue weighted by Gasteiger charge is -2.19. The van der Waals surface area contributed by atoms with E-state index < -0.39 is 0 Å². The summed E-state index contributed by atoms with van der Waals surface area (Å²) in [5, 5.41) is 4.08. The number of halogens is 2. The topological polar surface area (TPSA) is 58.1 Å². The zero-order chi connectivity index (χ0) is 18.4. The van der Waals surface area contributed by atoms with Crippen molar-refractivity contribution in [1.29, 1.82) is 0 Å². The molecule has 0 aliphatic carbocycles. The maximum absolute atomic E-state index is 12.4. The molecule has 0 unspecified atom stereocenters. The van der Waals surface area contributed by atoms with Gasteiger partial charge in [0.2, 0.25) is 5.95 Å². The van der Waals surface area contributed by atoms with Crippen LogP contribution in [0.25, 0.3) is 0 Å². The number of nitrogens with one attached hydrogen (secondary N) is 1. The minimum Gasteiger partial charge on any atom is -0.350 e. The van der Waals surface area contributed by atoms with Gasteiger partial charge < -0.3 is 10.2 Å². The third kappa shape index (κ3) is 5.31. The minimum absolute atomic E-state index is 0.219. The second kappa shape index (κ2) is 9.02. The van der Waals surface area contributed by atoms with Crippen LogP contribution in [0.5, 0.6) is 0 Å². The molecule has 0 radical (unpaired) electrons. The molecule has 1 heterocycles. The van der Waals surface area contributed by atoms with Crippen molar-refractivity contribution >= 4 is 35.1 Å². The predicted molar refractivity (Wildman–Crippen MR) is 103 cm³/mol. The maximum atomic E-state index is 12.4. The van der Waals surface area contributed by atoms with Crippen LogP contribution in [-0.2, 0) is 6.42 Å². The van der Waals surface area contributed by atoms with Crippen molar-refractivity contribution in [2.24, 2.45) is 0 Å². The van der Waals surface area contributed by atoms with Gasteiger partial charge in [0, 0.05) is 35.4 Å². The van der Waals surface area contributed by atoms with Crippen LogP contribution in [-0.4, -0.2) is 35.5 Å². The highest BCUT2D eigenvalue weighted by atomic mass is 35.5. The van der Waals surface area contributed by atoms with Crippen molar-refractivity contribution in [3.63, 3.8) is 0 Å². The predicted octanol–water partition coefficient (Wildman–Crippen LogP) is 3.91. The quantitative estimate of drug-likeness (QED) is 0.790. The highest BCUT2D eigenvalue weighted by Crippen LogP contribution is 2.21. The molecule has 0 saturated carbocycles. The molecule has 0 fully saturated rings. The van der Waals surface area contributed by atoms with Crippen LogP contribution >= 0.6 is 23.2 Å². The fourth-order valence-electron chi connectivity index (χ4n) is 2.44. The largest absolute Gasteiger partial charge is 0.350 e. The summed E-state index contributed by atoms with van der Waals surface area (Å²) in [4.78, 5) is 23.2. The Labute approximate surface area is 158 Å². The van der Waals surface area contributed by atoms with Gasteiger partial charge in [-0.25, -0.2) is 9.97 Å². The molecule has 7 heteroatoms. The van der Waals surface area contributed by atoms with E-state index >= 15 is 0 Å². The second-order valence-electron chi connectivity index (χ2n) is 5.61. The average molecular weight is 381 g/mol. The van der Waals surface area contributed by atoms with Gasteiger partial charge in [0.1, 0.15) is 5.69 Å². The molecule has 1 N–H and O–H groups in total. The molecule has 2 rings (SSSR count). The summed E-state index contributed by atoms with van der Waals surface area (Å²) in [6.45, 7) is 7.96. The molecule has 5 nitrogen and oxygen atoms in total. The number of carbonyl (C=O) groups excluding carboxylic acids is 1. The monoisotopic (exact) mass is 380 g/mol. The van der Waals surface area contributed by atoms with E-state index in [9.17, 15) is 4.79 Å². The Kier molecular flexibility index (Phi) is 7.02. The van der Waals surface area contributed by atoms with Gasteiger partial charge in [-0.3, -0.25) is 4.79 Å². The van der Waals surface area contributed by atoms with E-state index in [2.05, 4.69) is 15.3 Å². The summed E-state index contributed by atoms with van der Waals surface area (Å²) in [7, 11) is 0. The Morgan fingerprint density at radius 1 is 1.16 bits per heavy atom. The fraction of sp³-hybridized carbons (Fsp3) is 0.389. The molecule has 1 aromatic carbocycles. The van der Waals surface area contributed by atoms with Crippen LogP contribution in [0.2, 0.25) is 10.0 Å². The van der Waals surface area contributed by atoms with Gasteiger partial charge in [-0.2, -0.15) is 0 Å². The van der Waals surface area contributed by atoms with E-state index in [1.165, 1.54) is 0 Å². The van der Waals surface area contributed by atoms with Gasteiger partial charge in [0.15, 0.2) is 0 Å². The first kappa shape index (κ1) is 19.5. The van der Waals surface area contributed by atoms with Crippen LogP contribution < -0.4 is 10.2 Å². The molecule has 2 aromatic rings. The van der Waals surface area contributed by atoms with Crippen molar-refractivity contribution in [3.05, 3.63) is 51.3 Å². The van der Waals surface area contributed by atoms with Gasteiger partial charge in [0.25, 0.3) is 5.91 Å². The fourth-order valence-corrected chi connectivity index (χ4v) is 2.95. The van der Waals surface area contributed by atoms with Crippen molar-refractivity contribution in [2.75, 3.05) is 24.5 Å². The SMILES string of the molecule is CCN(CC)c1nc(C)cc(C(=O)NCCc2ccc(Cl)cc2Cl)n1. The van der Waals surface area contributed by atoms with Gasteiger partial charge in [-0.05, 0) is 51.0 Å². The highest BCUT2D eigenvalue weighted by Gasteiger charge is 2.13. The first-order valence-corrected chi connectivity index (χ1v) is 9.03. The summed E-state index contributed by atoms with van der Waals surface area (Å²) in [6.07, 6.45) is 0.620. The van der Waals surface area contributed by atoms with Crippen molar-refractivity contribution in [3.8, 4) is 0 Å².